The van der Waals surface area contributed by atoms with Crippen LogP contribution < -0.4 is 0 Å². The van der Waals surface area contributed by atoms with Gasteiger partial charge in [-0.1, -0.05) is 36.4 Å². The number of aromatic amines is 1. The third-order valence-corrected chi connectivity index (χ3v) is 5.10. The van der Waals surface area contributed by atoms with E-state index in [1.165, 1.54) is 0 Å². The maximum absolute atomic E-state index is 12.7. The fourth-order valence-corrected chi connectivity index (χ4v) is 3.65. The predicted octanol–water partition coefficient (Wildman–Crippen LogP) is 3.86. The Morgan fingerprint density at radius 1 is 0.963 bits per heavy atom. The first kappa shape index (κ1) is 16.0. The number of carbonyl (C=O) groups excluding carboxylic acids is 1. The van der Waals surface area contributed by atoms with Gasteiger partial charge in [0.05, 0.1) is 30.6 Å². The zero-order valence-electron chi connectivity index (χ0n) is 14.8. The van der Waals surface area contributed by atoms with Crippen LogP contribution in [-0.2, 0) is 4.74 Å². The van der Waals surface area contributed by atoms with Crippen molar-refractivity contribution in [3.63, 3.8) is 0 Å². The normalized spacial score (nSPS) is 14.7. The Morgan fingerprint density at radius 3 is 2.59 bits per heavy atom. The SMILES string of the molecule is O=C(c1ccc2c(c1)[nH]c1cnc(-c3ccccc3)cc12)N1CCOCC1. The number of carbonyl (C=O) groups is 1. The van der Waals surface area contributed by atoms with Gasteiger partial charge in [-0.3, -0.25) is 9.78 Å². The molecule has 1 fully saturated rings. The molecule has 0 bridgehead atoms. The Hall–Kier alpha value is -3.18. The van der Waals surface area contributed by atoms with Crippen LogP contribution in [0.25, 0.3) is 33.1 Å². The van der Waals surface area contributed by atoms with Crippen molar-refractivity contribution in [3.8, 4) is 11.3 Å². The highest BCUT2D eigenvalue weighted by molar-refractivity contribution is 6.10. The van der Waals surface area contributed by atoms with Crippen molar-refractivity contribution < 1.29 is 9.53 Å². The fraction of sp³-hybridized carbons (Fsp3) is 0.182. The van der Waals surface area contributed by atoms with Gasteiger partial charge in [-0.05, 0) is 18.2 Å². The van der Waals surface area contributed by atoms with E-state index in [4.69, 9.17) is 4.74 Å². The van der Waals surface area contributed by atoms with Gasteiger partial charge < -0.3 is 14.6 Å². The average molecular weight is 357 g/mol. The zero-order chi connectivity index (χ0) is 18.2. The molecular formula is C22H19N3O2. The van der Waals surface area contributed by atoms with Gasteiger partial charge in [0.15, 0.2) is 0 Å². The molecule has 0 aliphatic carbocycles. The number of H-pyrrole nitrogens is 1. The lowest BCUT2D eigenvalue weighted by atomic mass is 10.1. The number of nitrogens with zero attached hydrogens (tertiary/aromatic N) is 2. The summed E-state index contributed by atoms with van der Waals surface area (Å²) in [6.07, 6.45) is 1.86. The average Bonchev–Trinajstić information content (AvgIpc) is 3.11. The monoisotopic (exact) mass is 357 g/mol. The Morgan fingerprint density at radius 2 is 1.78 bits per heavy atom. The van der Waals surface area contributed by atoms with E-state index in [1.807, 2.05) is 47.5 Å². The third kappa shape index (κ3) is 2.86. The van der Waals surface area contributed by atoms with Crippen LogP contribution in [0.4, 0.5) is 0 Å². The summed E-state index contributed by atoms with van der Waals surface area (Å²) in [6.45, 7) is 2.50. The summed E-state index contributed by atoms with van der Waals surface area (Å²) < 4.78 is 5.34. The highest BCUT2D eigenvalue weighted by Crippen LogP contribution is 2.29. The van der Waals surface area contributed by atoms with Gasteiger partial charge in [-0.25, -0.2) is 0 Å². The molecule has 0 spiro atoms. The Balaban J connectivity index is 1.56. The Bertz CT molecular complexity index is 1130. The molecule has 0 atom stereocenters. The van der Waals surface area contributed by atoms with Crippen molar-refractivity contribution in [2.24, 2.45) is 0 Å². The van der Waals surface area contributed by atoms with Crippen molar-refractivity contribution in [2.45, 2.75) is 0 Å². The van der Waals surface area contributed by atoms with Crippen LogP contribution in [0.15, 0.2) is 60.8 Å². The molecule has 1 aliphatic rings. The van der Waals surface area contributed by atoms with E-state index in [0.29, 0.717) is 31.9 Å². The molecule has 3 heterocycles. The molecule has 0 unspecified atom stereocenters. The highest BCUT2D eigenvalue weighted by Gasteiger charge is 2.19. The van der Waals surface area contributed by atoms with Crippen LogP contribution >= 0.6 is 0 Å². The third-order valence-electron chi connectivity index (χ3n) is 5.10. The number of ether oxygens (including phenoxy) is 1. The minimum absolute atomic E-state index is 0.0574. The zero-order valence-corrected chi connectivity index (χ0v) is 14.8. The summed E-state index contributed by atoms with van der Waals surface area (Å²) >= 11 is 0. The summed E-state index contributed by atoms with van der Waals surface area (Å²) in [6, 6.07) is 18.1. The molecule has 1 aliphatic heterocycles. The molecule has 0 radical (unpaired) electrons. The second-order valence-corrected chi connectivity index (χ2v) is 6.77. The standard InChI is InChI=1S/C22H19N3O2/c26-22(25-8-10-27-11-9-25)16-6-7-17-18-13-19(15-4-2-1-3-5-15)23-14-21(18)24-20(17)12-16/h1-7,12-14,24H,8-11H2. The van der Waals surface area contributed by atoms with E-state index in [9.17, 15) is 4.79 Å². The summed E-state index contributed by atoms with van der Waals surface area (Å²) in [4.78, 5) is 22.6. The minimum atomic E-state index is 0.0574. The predicted molar refractivity (Wildman–Crippen MR) is 106 cm³/mol. The van der Waals surface area contributed by atoms with E-state index in [-0.39, 0.29) is 5.91 Å². The number of amides is 1. The van der Waals surface area contributed by atoms with E-state index in [2.05, 4.69) is 28.2 Å². The molecule has 0 saturated carbocycles. The van der Waals surface area contributed by atoms with Gasteiger partial charge in [0, 0.05) is 40.5 Å². The van der Waals surface area contributed by atoms with Crippen LogP contribution in [0.1, 0.15) is 10.4 Å². The van der Waals surface area contributed by atoms with Gasteiger partial charge >= 0.3 is 0 Å². The van der Waals surface area contributed by atoms with Gasteiger partial charge in [-0.2, -0.15) is 0 Å². The molecule has 134 valence electrons. The summed E-state index contributed by atoms with van der Waals surface area (Å²) in [5, 5.41) is 2.22. The van der Waals surface area contributed by atoms with Gasteiger partial charge in [0.2, 0.25) is 0 Å². The summed E-state index contributed by atoms with van der Waals surface area (Å²) in [5.41, 5.74) is 4.66. The smallest absolute Gasteiger partial charge is 0.254 e. The van der Waals surface area contributed by atoms with Gasteiger partial charge in [0.25, 0.3) is 5.91 Å². The number of pyridine rings is 1. The highest BCUT2D eigenvalue weighted by atomic mass is 16.5. The molecule has 4 aromatic rings. The molecule has 5 nitrogen and oxygen atoms in total. The van der Waals surface area contributed by atoms with Crippen molar-refractivity contribution in [2.75, 3.05) is 26.3 Å². The van der Waals surface area contributed by atoms with Crippen LogP contribution in [0, 0.1) is 0 Å². The van der Waals surface area contributed by atoms with E-state index >= 15 is 0 Å². The molecule has 2 aromatic heterocycles. The maximum Gasteiger partial charge on any atom is 0.254 e. The molecule has 2 aromatic carbocycles. The molecule has 5 heteroatoms. The molecule has 27 heavy (non-hydrogen) atoms. The second-order valence-electron chi connectivity index (χ2n) is 6.77. The first-order valence-corrected chi connectivity index (χ1v) is 9.13. The largest absolute Gasteiger partial charge is 0.378 e. The number of fused-ring (bicyclic) bond motifs is 3. The number of nitrogens with one attached hydrogen (secondary N) is 1. The fourth-order valence-electron chi connectivity index (χ4n) is 3.65. The number of benzene rings is 2. The van der Waals surface area contributed by atoms with E-state index < -0.39 is 0 Å². The minimum Gasteiger partial charge on any atom is -0.378 e. The van der Waals surface area contributed by atoms with Crippen LogP contribution in [0.5, 0.6) is 0 Å². The maximum atomic E-state index is 12.7. The van der Waals surface area contributed by atoms with Gasteiger partial charge in [0.1, 0.15) is 0 Å². The van der Waals surface area contributed by atoms with Crippen LogP contribution in [0.3, 0.4) is 0 Å². The van der Waals surface area contributed by atoms with E-state index in [1.54, 1.807) is 0 Å². The summed E-state index contributed by atoms with van der Waals surface area (Å²) in [5.74, 6) is 0.0574. The van der Waals surface area contributed by atoms with Crippen molar-refractivity contribution in [3.05, 3.63) is 66.4 Å². The second kappa shape index (κ2) is 6.52. The first-order valence-electron chi connectivity index (χ1n) is 9.13. The van der Waals surface area contributed by atoms with Crippen molar-refractivity contribution in [1.82, 2.24) is 14.9 Å². The number of hydrogen-bond donors (Lipinski definition) is 1. The molecule has 5 rings (SSSR count). The molecule has 1 amide bonds. The number of rotatable bonds is 2. The molecule has 1 saturated heterocycles. The van der Waals surface area contributed by atoms with Crippen LogP contribution in [-0.4, -0.2) is 47.1 Å². The Labute approximate surface area is 156 Å². The quantitative estimate of drug-likeness (QED) is 0.593. The lowest BCUT2D eigenvalue weighted by Crippen LogP contribution is -2.40. The Kier molecular flexibility index (Phi) is 3.87. The van der Waals surface area contributed by atoms with Crippen LogP contribution in [0.2, 0.25) is 0 Å². The number of hydrogen-bond acceptors (Lipinski definition) is 3. The number of aromatic nitrogens is 2. The van der Waals surface area contributed by atoms with Crippen molar-refractivity contribution in [1.29, 1.82) is 0 Å². The lowest BCUT2D eigenvalue weighted by molar-refractivity contribution is 0.0303. The first-order chi connectivity index (χ1) is 13.3. The van der Waals surface area contributed by atoms with E-state index in [0.717, 1.165) is 33.1 Å². The molecule has 1 N–H and O–H groups in total. The van der Waals surface area contributed by atoms with Gasteiger partial charge in [-0.15, -0.1) is 0 Å². The lowest BCUT2D eigenvalue weighted by Gasteiger charge is -2.26. The number of morpholine rings is 1. The topological polar surface area (TPSA) is 58.2 Å². The molecular weight excluding hydrogens is 338 g/mol. The summed E-state index contributed by atoms with van der Waals surface area (Å²) in [7, 11) is 0. The van der Waals surface area contributed by atoms with Crippen molar-refractivity contribution >= 4 is 27.7 Å².